The fourth-order valence-corrected chi connectivity index (χ4v) is 2.18. The number of rotatable bonds is 8. The third kappa shape index (κ3) is 4.70. The number of hydrogen-bond donors (Lipinski definition) is 2. The predicted octanol–water partition coefficient (Wildman–Crippen LogP) is 0.328. The Morgan fingerprint density at radius 2 is 1.95 bits per heavy atom. The van der Waals surface area contributed by atoms with Gasteiger partial charge in [0.1, 0.15) is 5.54 Å². The summed E-state index contributed by atoms with van der Waals surface area (Å²) in [6.45, 7) is 4.17. The number of aliphatic hydroxyl groups excluding tert-OH is 1. The van der Waals surface area contributed by atoms with Gasteiger partial charge in [-0.1, -0.05) is 0 Å². The van der Waals surface area contributed by atoms with E-state index >= 15 is 0 Å². The Morgan fingerprint density at radius 1 is 1.29 bits per heavy atom. The summed E-state index contributed by atoms with van der Waals surface area (Å²) in [6.07, 6.45) is 2.57. The zero-order valence-electron chi connectivity index (χ0n) is 13.0. The lowest BCUT2D eigenvalue weighted by atomic mass is 10.1. The first-order chi connectivity index (χ1) is 9.79. The number of nitrogens with one attached hydrogen (secondary N) is 1. The van der Waals surface area contributed by atoms with Crippen molar-refractivity contribution in [3.8, 4) is 0 Å². The standard InChI is InChI=1S/C14H25N3O4/c1-14(2)12(20)17(13(21)15-14)9-7-11(19)16(3)8-5-4-6-10-18/h18H,4-10H2,1-3H3,(H,15,21). The van der Waals surface area contributed by atoms with Gasteiger partial charge in [0.15, 0.2) is 0 Å². The normalized spacial score (nSPS) is 17.0. The molecule has 0 spiro atoms. The van der Waals surface area contributed by atoms with Gasteiger partial charge < -0.3 is 15.3 Å². The third-order valence-corrected chi connectivity index (χ3v) is 3.57. The molecule has 0 bridgehead atoms. The minimum Gasteiger partial charge on any atom is -0.396 e. The lowest BCUT2D eigenvalue weighted by Gasteiger charge is -2.19. The molecule has 0 aromatic carbocycles. The van der Waals surface area contributed by atoms with E-state index in [-0.39, 0.29) is 31.4 Å². The molecule has 1 heterocycles. The highest BCUT2D eigenvalue weighted by Crippen LogP contribution is 2.16. The predicted molar refractivity (Wildman–Crippen MR) is 77.5 cm³/mol. The Hall–Kier alpha value is -1.63. The van der Waals surface area contributed by atoms with E-state index in [1.807, 2.05) is 0 Å². The molecule has 4 amide bonds. The van der Waals surface area contributed by atoms with Crippen LogP contribution in [0.2, 0.25) is 0 Å². The van der Waals surface area contributed by atoms with Gasteiger partial charge in [0.25, 0.3) is 5.91 Å². The first kappa shape index (κ1) is 17.4. The highest BCUT2D eigenvalue weighted by Gasteiger charge is 2.44. The van der Waals surface area contributed by atoms with E-state index in [9.17, 15) is 14.4 Å². The van der Waals surface area contributed by atoms with Crippen LogP contribution in [0.25, 0.3) is 0 Å². The minimum atomic E-state index is -0.893. The van der Waals surface area contributed by atoms with Crippen molar-refractivity contribution in [1.82, 2.24) is 15.1 Å². The van der Waals surface area contributed by atoms with Crippen molar-refractivity contribution in [1.29, 1.82) is 0 Å². The van der Waals surface area contributed by atoms with Crippen molar-refractivity contribution in [3.63, 3.8) is 0 Å². The van der Waals surface area contributed by atoms with Crippen molar-refractivity contribution in [2.45, 2.75) is 45.1 Å². The molecular formula is C14H25N3O4. The van der Waals surface area contributed by atoms with Gasteiger partial charge in [0.05, 0.1) is 0 Å². The fraction of sp³-hybridized carbons (Fsp3) is 0.786. The van der Waals surface area contributed by atoms with Crippen molar-refractivity contribution in [3.05, 3.63) is 0 Å². The van der Waals surface area contributed by atoms with Gasteiger partial charge in [-0.25, -0.2) is 4.79 Å². The SMILES string of the molecule is CN(CCCCCO)C(=O)CCN1C(=O)NC(C)(C)C1=O. The maximum atomic E-state index is 12.0. The number of carbonyl (C=O) groups is 3. The molecular weight excluding hydrogens is 274 g/mol. The van der Waals surface area contributed by atoms with Crippen LogP contribution in [0.4, 0.5) is 4.79 Å². The molecule has 0 aliphatic carbocycles. The van der Waals surface area contributed by atoms with Gasteiger partial charge in [0.2, 0.25) is 5.91 Å². The first-order valence-corrected chi connectivity index (χ1v) is 7.28. The number of amides is 4. The van der Waals surface area contributed by atoms with Crippen molar-refractivity contribution in [2.75, 3.05) is 26.7 Å². The smallest absolute Gasteiger partial charge is 0.325 e. The largest absolute Gasteiger partial charge is 0.396 e. The number of unbranched alkanes of at least 4 members (excludes halogenated alkanes) is 2. The summed E-state index contributed by atoms with van der Waals surface area (Å²) in [4.78, 5) is 38.3. The number of aliphatic hydroxyl groups is 1. The maximum absolute atomic E-state index is 12.0. The molecule has 0 aromatic heterocycles. The summed E-state index contributed by atoms with van der Waals surface area (Å²) >= 11 is 0. The van der Waals surface area contributed by atoms with Crippen LogP contribution in [0.15, 0.2) is 0 Å². The molecule has 1 rings (SSSR count). The maximum Gasteiger partial charge on any atom is 0.325 e. The minimum absolute atomic E-state index is 0.0932. The number of imide groups is 1. The van der Waals surface area contributed by atoms with Crippen LogP contribution in [0, 0.1) is 0 Å². The second kappa shape index (κ2) is 7.40. The number of urea groups is 1. The van der Waals surface area contributed by atoms with Crippen molar-refractivity contribution < 1.29 is 19.5 Å². The second-order valence-corrected chi connectivity index (χ2v) is 5.86. The molecule has 2 N–H and O–H groups in total. The molecule has 7 heteroatoms. The molecule has 0 saturated carbocycles. The molecule has 0 unspecified atom stereocenters. The number of hydrogen-bond acceptors (Lipinski definition) is 4. The van der Waals surface area contributed by atoms with Crippen LogP contribution in [0.5, 0.6) is 0 Å². The Kier molecular flexibility index (Phi) is 6.14. The van der Waals surface area contributed by atoms with E-state index in [4.69, 9.17) is 5.11 Å². The van der Waals surface area contributed by atoms with E-state index in [1.54, 1.807) is 25.8 Å². The molecule has 0 aromatic rings. The molecule has 7 nitrogen and oxygen atoms in total. The van der Waals surface area contributed by atoms with Crippen LogP contribution in [-0.2, 0) is 9.59 Å². The zero-order chi connectivity index (χ0) is 16.0. The Labute approximate surface area is 125 Å². The van der Waals surface area contributed by atoms with E-state index in [2.05, 4.69) is 5.32 Å². The first-order valence-electron chi connectivity index (χ1n) is 7.28. The summed E-state index contributed by atoms with van der Waals surface area (Å²) in [5.74, 6) is -0.393. The fourth-order valence-electron chi connectivity index (χ4n) is 2.18. The van der Waals surface area contributed by atoms with Crippen LogP contribution in [0.1, 0.15) is 39.5 Å². The summed E-state index contributed by atoms with van der Waals surface area (Å²) in [6, 6.07) is -0.441. The van der Waals surface area contributed by atoms with Crippen molar-refractivity contribution >= 4 is 17.8 Å². The molecule has 0 radical (unpaired) electrons. The molecule has 1 aliphatic rings. The lowest BCUT2D eigenvalue weighted by molar-refractivity contribution is -0.132. The molecule has 120 valence electrons. The average Bonchev–Trinajstić information content (AvgIpc) is 2.61. The Bertz CT molecular complexity index is 409. The van der Waals surface area contributed by atoms with Gasteiger partial charge in [-0.15, -0.1) is 0 Å². The molecule has 0 atom stereocenters. The molecule has 1 saturated heterocycles. The Morgan fingerprint density at radius 3 is 2.48 bits per heavy atom. The zero-order valence-corrected chi connectivity index (χ0v) is 13.0. The van der Waals surface area contributed by atoms with Crippen LogP contribution in [-0.4, -0.2) is 65.0 Å². The average molecular weight is 299 g/mol. The third-order valence-electron chi connectivity index (χ3n) is 3.57. The number of nitrogens with zero attached hydrogens (tertiary/aromatic N) is 2. The second-order valence-electron chi connectivity index (χ2n) is 5.86. The highest BCUT2D eigenvalue weighted by atomic mass is 16.3. The van der Waals surface area contributed by atoms with E-state index in [0.29, 0.717) is 6.54 Å². The summed E-state index contributed by atoms with van der Waals surface area (Å²) in [5.41, 5.74) is -0.893. The molecule has 21 heavy (non-hydrogen) atoms. The van der Waals surface area contributed by atoms with Crippen molar-refractivity contribution in [2.24, 2.45) is 0 Å². The van der Waals surface area contributed by atoms with E-state index in [1.165, 1.54) is 0 Å². The molecule has 1 fully saturated rings. The van der Waals surface area contributed by atoms with Gasteiger partial charge in [0, 0.05) is 33.2 Å². The van der Waals surface area contributed by atoms with Crippen LogP contribution in [0.3, 0.4) is 0 Å². The Balaban J connectivity index is 2.36. The summed E-state index contributed by atoms with van der Waals surface area (Å²) in [7, 11) is 1.71. The van der Waals surface area contributed by atoms with Gasteiger partial charge in [-0.05, 0) is 33.1 Å². The summed E-state index contributed by atoms with van der Waals surface area (Å²) in [5, 5.41) is 11.3. The quantitative estimate of drug-likeness (QED) is 0.499. The highest BCUT2D eigenvalue weighted by molar-refractivity contribution is 6.06. The lowest BCUT2D eigenvalue weighted by Crippen LogP contribution is -2.40. The number of carbonyl (C=O) groups excluding carboxylic acids is 3. The van der Waals surface area contributed by atoms with E-state index < -0.39 is 11.6 Å². The van der Waals surface area contributed by atoms with Gasteiger partial charge in [-0.2, -0.15) is 0 Å². The van der Waals surface area contributed by atoms with E-state index in [0.717, 1.165) is 24.2 Å². The van der Waals surface area contributed by atoms with Crippen LogP contribution >= 0.6 is 0 Å². The van der Waals surface area contributed by atoms with Gasteiger partial charge in [-0.3, -0.25) is 14.5 Å². The molecule has 1 aliphatic heterocycles. The van der Waals surface area contributed by atoms with Gasteiger partial charge >= 0.3 is 6.03 Å². The monoisotopic (exact) mass is 299 g/mol. The topological polar surface area (TPSA) is 89.9 Å². The van der Waals surface area contributed by atoms with Crippen LogP contribution < -0.4 is 5.32 Å². The summed E-state index contributed by atoms with van der Waals surface area (Å²) < 4.78 is 0.